The number of hydrogen-bond acceptors (Lipinski definition) is 0. The van der Waals surface area contributed by atoms with E-state index in [1.54, 1.807) is 5.47 Å². The first-order valence-corrected chi connectivity index (χ1v) is 5.41. The van der Waals surface area contributed by atoms with Crippen molar-refractivity contribution in [1.82, 2.24) is 0 Å². The lowest BCUT2D eigenvalue weighted by atomic mass is 9.42. The zero-order chi connectivity index (χ0) is 10.4. The molecule has 0 unspecified atom stereocenters. The van der Waals surface area contributed by atoms with Gasteiger partial charge in [0, 0.05) is 0 Å². The van der Waals surface area contributed by atoms with E-state index >= 15 is 0 Å². The SMILES string of the molecule is C/C=C(/CC)C(B(C)CC)=C(C)C. The van der Waals surface area contributed by atoms with Crippen LogP contribution in [-0.2, 0) is 0 Å². The van der Waals surface area contributed by atoms with Crippen LogP contribution < -0.4 is 0 Å². The van der Waals surface area contributed by atoms with Crippen molar-refractivity contribution in [3.8, 4) is 0 Å². The number of allylic oxidation sites excluding steroid dienone is 4. The lowest BCUT2D eigenvalue weighted by molar-refractivity contribution is 1.11. The molecule has 0 bridgehead atoms. The monoisotopic (exact) mass is 178 g/mol. The highest BCUT2D eigenvalue weighted by atomic mass is 14.0. The molecular formula is C12H23B. The third-order valence-corrected chi connectivity index (χ3v) is 2.72. The Morgan fingerprint density at radius 3 is 2.00 bits per heavy atom. The molecule has 0 fully saturated rings. The summed E-state index contributed by atoms with van der Waals surface area (Å²) in [5.74, 6) is 0. The molecule has 0 aliphatic heterocycles. The summed E-state index contributed by atoms with van der Waals surface area (Å²) in [6.07, 6.45) is 4.65. The van der Waals surface area contributed by atoms with Crippen molar-refractivity contribution in [2.45, 2.75) is 54.2 Å². The maximum Gasteiger partial charge on any atom is 0.172 e. The fourth-order valence-corrected chi connectivity index (χ4v) is 1.88. The molecule has 0 aromatic rings. The molecule has 0 atom stereocenters. The fraction of sp³-hybridized carbons (Fsp3) is 0.667. The molecular weight excluding hydrogens is 155 g/mol. The summed E-state index contributed by atoms with van der Waals surface area (Å²) in [6.45, 7) is 14.1. The summed E-state index contributed by atoms with van der Waals surface area (Å²) >= 11 is 0. The van der Waals surface area contributed by atoms with E-state index < -0.39 is 0 Å². The topological polar surface area (TPSA) is 0 Å². The average molecular weight is 178 g/mol. The molecule has 0 aromatic heterocycles. The largest absolute Gasteiger partial charge is 0.172 e. The molecule has 74 valence electrons. The predicted molar refractivity (Wildman–Crippen MR) is 64.5 cm³/mol. The highest BCUT2D eigenvalue weighted by molar-refractivity contribution is 6.66. The van der Waals surface area contributed by atoms with E-state index in [-0.39, 0.29) is 0 Å². The average Bonchev–Trinajstić information content (AvgIpc) is 2.12. The first-order chi connectivity index (χ1) is 6.08. The van der Waals surface area contributed by atoms with Crippen LogP contribution in [0.1, 0.15) is 41.0 Å². The van der Waals surface area contributed by atoms with Crippen LogP contribution in [0.5, 0.6) is 0 Å². The third-order valence-electron chi connectivity index (χ3n) is 2.72. The maximum atomic E-state index is 2.32. The molecule has 0 aliphatic rings. The Balaban J connectivity index is 4.94. The minimum absolute atomic E-state index is 0.705. The van der Waals surface area contributed by atoms with Gasteiger partial charge in [-0.05, 0) is 27.2 Å². The molecule has 0 spiro atoms. The third kappa shape index (κ3) is 3.42. The fourth-order valence-electron chi connectivity index (χ4n) is 1.88. The number of rotatable bonds is 4. The van der Waals surface area contributed by atoms with Crippen molar-refractivity contribution in [2.75, 3.05) is 0 Å². The summed E-state index contributed by atoms with van der Waals surface area (Å²) in [5.41, 5.74) is 4.58. The Hall–Kier alpha value is -0.455. The highest BCUT2D eigenvalue weighted by Crippen LogP contribution is 2.22. The standard InChI is InChI=1S/C12H23B/c1-7-11(8-2)12(10(4)5)13(6)9-3/h7H,8-9H2,1-6H3/b11-7-. The van der Waals surface area contributed by atoms with E-state index in [4.69, 9.17) is 0 Å². The summed E-state index contributed by atoms with van der Waals surface area (Å²) in [4.78, 5) is 0. The van der Waals surface area contributed by atoms with Gasteiger partial charge in [-0.15, -0.1) is 0 Å². The van der Waals surface area contributed by atoms with Crippen molar-refractivity contribution >= 4 is 6.71 Å². The van der Waals surface area contributed by atoms with Crippen molar-refractivity contribution < 1.29 is 0 Å². The molecule has 0 aromatic carbocycles. The van der Waals surface area contributed by atoms with Gasteiger partial charge in [-0.3, -0.25) is 0 Å². The second-order valence-electron chi connectivity index (χ2n) is 3.89. The molecule has 0 N–H and O–H groups in total. The minimum atomic E-state index is 0.705. The number of hydrogen-bond donors (Lipinski definition) is 0. The second kappa shape index (κ2) is 6.07. The first-order valence-electron chi connectivity index (χ1n) is 5.41. The molecule has 0 saturated heterocycles. The van der Waals surface area contributed by atoms with Crippen LogP contribution in [0.4, 0.5) is 0 Å². The van der Waals surface area contributed by atoms with Crippen molar-refractivity contribution in [2.24, 2.45) is 0 Å². The Kier molecular flexibility index (Phi) is 5.86. The van der Waals surface area contributed by atoms with Crippen LogP contribution in [0, 0.1) is 0 Å². The summed E-state index contributed by atoms with van der Waals surface area (Å²) in [6, 6.07) is 0. The van der Waals surface area contributed by atoms with Gasteiger partial charge in [0.1, 0.15) is 0 Å². The molecule has 0 nitrogen and oxygen atoms in total. The summed E-state index contributed by atoms with van der Waals surface area (Å²) in [7, 11) is 0. The first kappa shape index (κ1) is 12.5. The molecule has 0 heterocycles. The molecule has 0 radical (unpaired) electrons. The Labute approximate surface area is 84.2 Å². The lowest BCUT2D eigenvalue weighted by Crippen LogP contribution is -2.13. The molecule has 1 heteroatoms. The van der Waals surface area contributed by atoms with E-state index in [9.17, 15) is 0 Å². The van der Waals surface area contributed by atoms with Gasteiger partial charge >= 0.3 is 0 Å². The zero-order valence-electron chi connectivity index (χ0n) is 10.1. The van der Waals surface area contributed by atoms with Gasteiger partial charge < -0.3 is 0 Å². The van der Waals surface area contributed by atoms with Gasteiger partial charge in [-0.1, -0.05) is 49.7 Å². The van der Waals surface area contributed by atoms with Crippen LogP contribution >= 0.6 is 0 Å². The van der Waals surface area contributed by atoms with Crippen molar-refractivity contribution in [3.63, 3.8) is 0 Å². The maximum absolute atomic E-state index is 2.32. The molecule has 0 saturated carbocycles. The van der Waals surface area contributed by atoms with Crippen LogP contribution in [0.15, 0.2) is 22.7 Å². The predicted octanol–water partition coefficient (Wildman–Crippen LogP) is 4.36. The van der Waals surface area contributed by atoms with Crippen molar-refractivity contribution in [1.29, 1.82) is 0 Å². The molecule has 13 heavy (non-hydrogen) atoms. The Morgan fingerprint density at radius 2 is 1.77 bits per heavy atom. The van der Waals surface area contributed by atoms with E-state index in [2.05, 4.69) is 47.5 Å². The van der Waals surface area contributed by atoms with Gasteiger partial charge in [0.2, 0.25) is 0 Å². The van der Waals surface area contributed by atoms with E-state index in [1.165, 1.54) is 17.5 Å². The second-order valence-corrected chi connectivity index (χ2v) is 3.89. The lowest BCUT2D eigenvalue weighted by Gasteiger charge is -2.16. The molecule has 0 rings (SSSR count). The Morgan fingerprint density at radius 1 is 1.23 bits per heavy atom. The van der Waals surface area contributed by atoms with Gasteiger partial charge in [-0.2, -0.15) is 0 Å². The molecule has 0 amide bonds. The smallest absolute Gasteiger partial charge is 0.0850 e. The molecule has 0 aliphatic carbocycles. The van der Waals surface area contributed by atoms with E-state index in [0.29, 0.717) is 6.71 Å². The zero-order valence-corrected chi connectivity index (χ0v) is 10.1. The van der Waals surface area contributed by atoms with E-state index in [1.807, 2.05) is 0 Å². The van der Waals surface area contributed by atoms with Gasteiger partial charge in [0.25, 0.3) is 0 Å². The van der Waals surface area contributed by atoms with E-state index in [0.717, 1.165) is 6.42 Å². The van der Waals surface area contributed by atoms with Crippen LogP contribution in [0.2, 0.25) is 13.1 Å². The van der Waals surface area contributed by atoms with Crippen LogP contribution in [0.3, 0.4) is 0 Å². The normalized spacial score (nSPS) is 11.4. The van der Waals surface area contributed by atoms with Crippen molar-refractivity contribution in [3.05, 3.63) is 22.7 Å². The van der Waals surface area contributed by atoms with Crippen LogP contribution in [0.25, 0.3) is 0 Å². The van der Waals surface area contributed by atoms with Crippen LogP contribution in [-0.4, -0.2) is 6.71 Å². The summed E-state index contributed by atoms with van der Waals surface area (Å²) in [5, 5.41) is 0. The Bertz CT molecular complexity index is 207. The summed E-state index contributed by atoms with van der Waals surface area (Å²) < 4.78 is 0. The van der Waals surface area contributed by atoms with Gasteiger partial charge in [-0.25, -0.2) is 0 Å². The van der Waals surface area contributed by atoms with Gasteiger partial charge in [0.15, 0.2) is 6.71 Å². The quantitative estimate of drug-likeness (QED) is 0.443. The minimum Gasteiger partial charge on any atom is -0.0850 e. The van der Waals surface area contributed by atoms with Gasteiger partial charge in [0.05, 0.1) is 0 Å². The highest BCUT2D eigenvalue weighted by Gasteiger charge is 2.14.